The molecule has 0 N–H and O–H groups in total. The lowest BCUT2D eigenvalue weighted by Crippen LogP contribution is -2.03. The highest BCUT2D eigenvalue weighted by atomic mass is 127. The smallest absolute Gasteiger partial charge is 0.205 e. The summed E-state index contributed by atoms with van der Waals surface area (Å²) in [7, 11) is 0. The van der Waals surface area contributed by atoms with Crippen LogP contribution in [-0.4, -0.2) is 5.78 Å². The maximum absolute atomic E-state index is 12.2. The van der Waals surface area contributed by atoms with Crippen LogP contribution in [0, 0.1) is 10.5 Å². The molecule has 82 valence electrons. The number of halogens is 2. The van der Waals surface area contributed by atoms with Crippen LogP contribution in [0.25, 0.3) is 0 Å². The van der Waals surface area contributed by atoms with Crippen molar-refractivity contribution >= 4 is 51.3 Å². The van der Waals surface area contributed by atoms with Gasteiger partial charge in [0.2, 0.25) is 5.78 Å². The molecule has 0 radical (unpaired) electrons. The summed E-state index contributed by atoms with van der Waals surface area (Å²) in [6.07, 6.45) is 0. The number of benzene rings is 1. The van der Waals surface area contributed by atoms with E-state index in [-0.39, 0.29) is 5.78 Å². The van der Waals surface area contributed by atoms with Crippen LogP contribution in [0.3, 0.4) is 0 Å². The van der Waals surface area contributed by atoms with Gasteiger partial charge in [0.05, 0.1) is 9.90 Å². The predicted octanol–water partition coefficient (Wildman–Crippen LogP) is 4.55. The average Bonchev–Trinajstić information content (AvgIpc) is 2.68. The van der Waals surface area contributed by atoms with Gasteiger partial charge in [-0.05, 0) is 52.6 Å². The van der Waals surface area contributed by atoms with E-state index in [9.17, 15) is 4.79 Å². The van der Waals surface area contributed by atoms with Crippen LogP contribution in [0.1, 0.15) is 20.8 Å². The molecule has 16 heavy (non-hydrogen) atoms. The van der Waals surface area contributed by atoms with Crippen molar-refractivity contribution in [2.75, 3.05) is 0 Å². The Labute approximate surface area is 117 Å². The number of thiophene rings is 1. The Morgan fingerprint density at radius 2 is 2.12 bits per heavy atom. The van der Waals surface area contributed by atoms with E-state index in [0.29, 0.717) is 9.90 Å². The summed E-state index contributed by atoms with van der Waals surface area (Å²) in [5.41, 5.74) is 1.84. The van der Waals surface area contributed by atoms with E-state index >= 15 is 0 Å². The standard InChI is InChI=1S/C12H8ClIOS/c1-7-3-2-4-8(10(7)14)11(15)12-9(13)5-6-16-12/h2-6H,1H3. The fourth-order valence-corrected chi connectivity index (χ4v) is 3.10. The summed E-state index contributed by atoms with van der Waals surface area (Å²) in [6, 6.07) is 7.48. The first-order valence-electron chi connectivity index (χ1n) is 4.64. The van der Waals surface area contributed by atoms with Gasteiger partial charge in [0.1, 0.15) is 0 Å². The Morgan fingerprint density at radius 1 is 1.38 bits per heavy atom. The highest BCUT2D eigenvalue weighted by Gasteiger charge is 2.17. The number of ketones is 1. The minimum atomic E-state index is 0.00750. The zero-order chi connectivity index (χ0) is 11.7. The largest absolute Gasteiger partial charge is 0.288 e. The number of hydrogen-bond acceptors (Lipinski definition) is 2. The van der Waals surface area contributed by atoms with Crippen LogP contribution in [0.4, 0.5) is 0 Å². The van der Waals surface area contributed by atoms with Crippen LogP contribution in [0.2, 0.25) is 5.02 Å². The quantitative estimate of drug-likeness (QED) is 0.566. The molecule has 0 saturated heterocycles. The Morgan fingerprint density at radius 3 is 2.75 bits per heavy atom. The van der Waals surface area contributed by atoms with Crippen molar-refractivity contribution < 1.29 is 4.79 Å². The summed E-state index contributed by atoms with van der Waals surface area (Å²) in [6.45, 7) is 1.99. The molecule has 1 heterocycles. The molecule has 0 bridgehead atoms. The highest BCUT2D eigenvalue weighted by molar-refractivity contribution is 14.1. The van der Waals surface area contributed by atoms with Crippen molar-refractivity contribution in [2.45, 2.75) is 6.92 Å². The SMILES string of the molecule is Cc1cccc(C(=O)c2sccc2Cl)c1I. The third-order valence-electron chi connectivity index (χ3n) is 2.26. The van der Waals surface area contributed by atoms with Crippen molar-refractivity contribution in [3.05, 3.63) is 54.2 Å². The van der Waals surface area contributed by atoms with Gasteiger partial charge in [-0.15, -0.1) is 11.3 Å². The maximum Gasteiger partial charge on any atom is 0.205 e. The predicted molar refractivity (Wildman–Crippen MR) is 76.7 cm³/mol. The topological polar surface area (TPSA) is 17.1 Å². The second-order valence-corrected chi connectivity index (χ2v) is 5.77. The zero-order valence-electron chi connectivity index (χ0n) is 8.46. The van der Waals surface area contributed by atoms with E-state index in [1.54, 1.807) is 6.07 Å². The molecule has 0 fully saturated rings. The molecule has 0 atom stereocenters. The van der Waals surface area contributed by atoms with Crippen molar-refractivity contribution in [3.63, 3.8) is 0 Å². The number of hydrogen-bond donors (Lipinski definition) is 0. The van der Waals surface area contributed by atoms with E-state index in [2.05, 4.69) is 22.6 Å². The fourth-order valence-electron chi connectivity index (χ4n) is 1.40. The lowest BCUT2D eigenvalue weighted by Gasteiger charge is -2.05. The summed E-state index contributed by atoms with van der Waals surface area (Å²) < 4.78 is 0.995. The molecule has 0 spiro atoms. The molecule has 0 aliphatic carbocycles. The first-order valence-corrected chi connectivity index (χ1v) is 6.97. The van der Waals surface area contributed by atoms with E-state index in [0.717, 1.165) is 14.7 Å². The van der Waals surface area contributed by atoms with Gasteiger partial charge in [0, 0.05) is 9.13 Å². The van der Waals surface area contributed by atoms with E-state index in [1.807, 2.05) is 30.5 Å². The lowest BCUT2D eigenvalue weighted by atomic mass is 10.1. The fraction of sp³-hybridized carbons (Fsp3) is 0.0833. The Bertz CT molecular complexity index is 548. The van der Waals surface area contributed by atoms with Gasteiger partial charge >= 0.3 is 0 Å². The zero-order valence-corrected chi connectivity index (χ0v) is 12.2. The summed E-state index contributed by atoms with van der Waals surface area (Å²) in [5, 5.41) is 2.37. The van der Waals surface area contributed by atoms with Crippen molar-refractivity contribution in [1.29, 1.82) is 0 Å². The molecule has 0 unspecified atom stereocenters. The molecular weight excluding hydrogens is 355 g/mol. The second kappa shape index (κ2) is 4.85. The van der Waals surface area contributed by atoms with Crippen LogP contribution < -0.4 is 0 Å². The number of aryl methyl sites for hydroxylation is 1. The molecule has 1 aromatic carbocycles. The number of rotatable bonds is 2. The lowest BCUT2D eigenvalue weighted by molar-refractivity contribution is 0.104. The number of carbonyl (C=O) groups excluding carboxylic acids is 1. The molecule has 0 amide bonds. The van der Waals surface area contributed by atoms with Gasteiger partial charge in [0.15, 0.2) is 0 Å². The molecule has 1 nitrogen and oxygen atoms in total. The normalized spacial score (nSPS) is 10.4. The van der Waals surface area contributed by atoms with Gasteiger partial charge in [-0.2, -0.15) is 0 Å². The maximum atomic E-state index is 12.2. The molecule has 0 aliphatic rings. The van der Waals surface area contributed by atoms with Crippen molar-refractivity contribution in [3.8, 4) is 0 Å². The van der Waals surface area contributed by atoms with Gasteiger partial charge in [0.25, 0.3) is 0 Å². The Kier molecular flexibility index (Phi) is 3.66. The molecule has 0 aliphatic heterocycles. The molecule has 0 saturated carbocycles. The van der Waals surface area contributed by atoms with Crippen molar-refractivity contribution in [1.82, 2.24) is 0 Å². The minimum Gasteiger partial charge on any atom is -0.288 e. The summed E-state index contributed by atoms with van der Waals surface area (Å²) in [4.78, 5) is 12.8. The minimum absolute atomic E-state index is 0.00750. The first-order chi connectivity index (χ1) is 7.61. The van der Waals surface area contributed by atoms with Gasteiger partial charge in [-0.3, -0.25) is 4.79 Å². The molecule has 2 aromatic rings. The summed E-state index contributed by atoms with van der Waals surface area (Å²) in [5.74, 6) is 0.00750. The molecular formula is C12H8ClIOS. The molecule has 4 heteroatoms. The average molecular weight is 363 g/mol. The summed E-state index contributed by atoms with van der Waals surface area (Å²) >= 11 is 9.54. The number of carbonyl (C=O) groups is 1. The molecule has 2 rings (SSSR count). The van der Waals surface area contributed by atoms with Gasteiger partial charge in [-0.1, -0.05) is 23.7 Å². The van der Waals surface area contributed by atoms with Crippen LogP contribution in [0.15, 0.2) is 29.6 Å². The third kappa shape index (κ3) is 2.17. The van der Waals surface area contributed by atoms with Crippen LogP contribution in [-0.2, 0) is 0 Å². The van der Waals surface area contributed by atoms with E-state index < -0.39 is 0 Å². The first kappa shape index (κ1) is 12.1. The van der Waals surface area contributed by atoms with Crippen LogP contribution in [0.5, 0.6) is 0 Å². The van der Waals surface area contributed by atoms with E-state index in [4.69, 9.17) is 11.6 Å². The molecule has 1 aromatic heterocycles. The highest BCUT2D eigenvalue weighted by Crippen LogP contribution is 2.27. The Hall–Kier alpha value is -0.390. The van der Waals surface area contributed by atoms with Gasteiger partial charge in [-0.25, -0.2) is 0 Å². The van der Waals surface area contributed by atoms with Crippen LogP contribution >= 0.6 is 45.5 Å². The van der Waals surface area contributed by atoms with Gasteiger partial charge < -0.3 is 0 Å². The second-order valence-electron chi connectivity index (χ2n) is 3.36. The van der Waals surface area contributed by atoms with E-state index in [1.165, 1.54) is 11.3 Å². The van der Waals surface area contributed by atoms with Crippen molar-refractivity contribution in [2.24, 2.45) is 0 Å². The Balaban J connectivity index is 2.50. The third-order valence-corrected chi connectivity index (χ3v) is 5.03. The monoisotopic (exact) mass is 362 g/mol.